The number of amides is 1. The first-order chi connectivity index (χ1) is 8.49. The molecule has 0 atom stereocenters. The fourth-order valence-corrected chi connectivity index (χ4v) is 1.66. The largest absolute Gasteiger partial charge is 0.328 e. The third-order valence-electron chi connectivity index (χ3n) is 2.70. The van der Waals surface area contributed by atoms with Crippen LogP contribution in [0.15, 0.2) is 43.0 Å². The van der Waals surface area contributed by atoms with Gasteiger partial charge in [0.05, 0.1) is 5.54 Å². The van der Waals surface area contributed by atoms with E-state index >= 15 is 0 Å². The highest BCUT2D eigenvalue weighted by atomic mass is 19.1. The van der Waals surface area contributed by atoms with Gasteiger partial charge in [0, 0.05) is 12.4 Å². The molecule has 5 heteroatoms. The van der Waals surface area contributed by atoms with Crippen LogP contribution >= 0.6 is 0 Å². The van der Waals surface area contributed by atoms with E-state index in [1.807, 2.05) is 13.8 Å². The second-order valence-electron chi connectivity index (χ2n) is 4.54. The fourth-order valence-electron chi connectivity index (χ4n) is 1.66. The molecule has 0 spiro atoms. The average molecular weight is 247 g/mol. The predicted octanol–water partition coefficient (Wildman–Crippen LogP) is 2.52. The van der Waals surface area contributed by atoms with Gasteiger partial charge in [-0.05, 0) is 31.5 Å². The highest BCUT2D eigenvalue weighted by Gasteiger charge is 2.23. The van der Waals surface area contributed by atoms with Crippen molar-refractivity contribution in [2.45, 2.75) is 19.4 Å². The minimum absolute atomic E-state index is 0.304. The van der Waals surface area contributed by atoms with E-state index in [9.17, 15) is 9.18 Å². The first kappa shape index (κ1) is 12.3. The van der Waals surface area contributed by atoms with Gasteiger partial charge in [-0.2, -0.15) is 0 Å². The summed E-state index contributed by atoms with van der Waals surface area (Å²) in [6.07, 6.45) is 4.49. The SMILES string of the molecule is CC(C)(NC(=O)n1ccnc1)c1cccc(F)c1. The van der Waals surface area contributed by atoms with Gasteiger partial charge in [0.25, 0.3) is 0 Å². The molecule has 0 aliphatic carbocycles. The highest BCUT2D eigenvalue weighted by molar-refractivity contribution is 5.77. The van der Waals surface area contributed by atoms with Gasteiger partial charge in [-0.15, -0.1) is 0 Å². The van der Waals surface area contributed by atoms with Gasteiger partial charge in [0.2, 0.25) is 0 Å². The Hall–Kier alpha value is -2.17. The van der Waals surface area contributed by atoms with Crippen molar-refractivity contribution in [1.29, 1.82) is 0 Å². The molecule has 94 valence electrons. The maximum absolute atomic E-state index is 13.2. The number of imidazole rings is 1. The number of benzene rings is 1. The lowest BCUT2D eigenvalue weighted by atomic mass is 9.94. The number of nitrogens with zero attached hydrogens (tertiary/aromatic N) is 2. The van der Waals surface area contributed by atoms with Gasteiger partial charge in [0.1, 0.15) is 12.1 Å². The Morgan fingerprint density at radius 2 is 2.22 bits per heavy atom. The Kier molecular flexibility index (Phi) is 3.14. The third-order valence-corrected chi connectivity index (χ3v) is 2.70. The zero-order chi connectivity index (χ0) is 13.2. The van der Waals surface area contributed by atoms with Crippen LogP contribution in [0.25, 0.3) is 0 Å². The molecule has 0 bridgehead atoms. The number of hydrogen-bond donors (Lipinski definition) is 1. The topological polar surface area (TPSA) is 46.9 Å². The number of rotatable bonds is 2. The minimum Gasteiger partial charge on any atom is -0.328 e. The summed E-state index contributed by atoms with van der Waals surface area (Å²) in [5.74, 6) is -0.322. The maximum Gasteiger partial charge on any atom is 0.327 e. The second kappa shape index (κ2) is 4.60. The lowest BCUT2D eigenvalue weighted by molar-refractivity contribution is 0.231. The second-order valence-corrected chi connectivity index (χ2v) is 4.54. The van der Waals surface area contributed by atoms with Crippen molar-refractivity contribution in [2.75, 3.05) is 0 Å². The fraction of sp³-hybridized carbons (Fsp3) is 0.231. The first-order valence-electron chi connectivity index (χ1n) is 5.55. The monoisotopic (exact) mass is 247 g/mol. The number of hydrogen-bond acceptors (Lipinski definition) is 2. The smallest absolute Gasteiger partial charge is 0.327 e. The van der Waals surface area contributed by atoms with Crippen molar-refractivity contribution >= 4 is 6.03 Å². The van der Waals surface area contributed by atoms with Crippen LogP contribution in [0.4, 0.5) is 9.18 Å². The van der Waals surface area contributed by atoms with Gasteiger partial charge in [-0.1, -0.05) is 12.1 Å². The van der Waals surface area contributed by atoms with Crippen LogP contribution in [0.3, 0.4) is 0 Å². The molecule has 0 radical (unpaired) electrons. The Balaban J connectivity index is 2.19. The summed E-state index contributed by atoms with van der Waals surface area (Å²) in [6.45, 7) is 3.63. The molecule has 1 heterocycles. The molecule has 0 unspecified atom stereocenters. The van der Waals surface area contributed by atoms with Crippen molar-refractivity contribution in [1.82, 2.24) is 14.9 Å². The van der Waals surface area contributed by atoms with E-state index in [1.54, 1.807) is 18.3 Å². The van der Waals surface area contributed by atoms with E-state index in [1.165, 1.54) is 29.2 Å². The molecule has 2 rings (SSSR count). The molecule has 0 aliphatic heterocycles. The maximum atomic E-state index is 13.2. The number of carbonyl (C=O) groups excluding carboxylic acids is 1. The predicted molar refractivity (Wildman–Crippen MR) is 65.6 cm³/mol. The van der Waals surface area contributed by atoms with Crippen LogP contribution in [0.5, 0.6) is 0 Å². The third kappa shape index (κ3) is 2.56. The lowest BCUT2D eigenvalue weighted by Gasteiger charge is -2.26. The molecule has 1 N–H and O–H groups in total. The average Bonchev–Trinajstić information content (AvgIpc) is 2.82. The van der Waals surface area contributed by atoms with Crippen LogP contribution in [-0.2, 0) is 5.54 Å². The normalized spacial score (nSPS) is 11.3. The lowest BCUT2D eigenvalue weighted by Crippen LogP contribution is -2.42. The van der Waals surface area contributed by atoms with Crippen LogP contribution < -0.4 is 5.32 Å². The van der Waals surface area contributed by atoms with Crippen molar-refractivity contribution in [2.24, 2.45) is 0 Å². The molecule has 4 nitrogen and oxygen atoms in total. The van der Waals surface area contributed by atoms with Gasteiger partial charge in [0.15, 0.2) is 0 Å². The summed E-state index contributed by atoms with van der Waals surface area (Å²) in [6, 6.07) is 5.88. The van der Waals surface area contributed by atoms with Crippen molar-refractivity contribution in [3.8, 4) is 0 Å². The van der Waals surface area contributed by atoms with Crippen molar-refractivity contribution in [3.63, 3.8) is 0 Å². The van der Waals surface area contributed by atoms with Crippen molar-refractivity contribution < 1.29 is 9.18 Å². The molecule has 1 aromatic heterocycles. The van der Waals surface area contributed by atoms with Crippen LogP contribution in [0.2, 0.25) is 0 Å². The van der Waals surface area contributed by atoms with Gasteiger partial charge < -0.3 is 5.32 Å². The minimum atomic E-state index is -0.663. The van der Waals surface area contributed by atoms with E-state index in [0.717, 1.165) is 0 Å². The summed E-state index contributed by atoms with van der Waals surface area (Å²) in [4.78, 5) is 15.7. The summed E-state index contributed by atoms with van der Waals surface area (Å²) in [5, 5.41) is 2.82. The molecule has 1 aromatic carbocycles. The first-order valence-corrected chi connectivity index (χ1v) is 5.55. The van der Waals surface area contributed by atoms with E-state index in [4.69, 9.17) is 0 Å². The molecular formula is C13H14FN3O. The Bertz CT molecular complexity index is 549. The van der Waals surface area contributed by atoms with E-state index in [0.29, 0.717) is 5.56 Å². The quantitative estimate of drug-likeness (QED) is 0.886. The summed E-state index contributed by atoms with van der Waals surface area (Å²) in [5.41, 5.74) is 0.0414. The summed E-state index contributed by atoms with van der Waals surface area (Å²) in [7, 11) is 0. The zero-order valence-corrected chi connectivity index (χ0v) is 10.2. The van der Waals surface area contributed by atoms with Gasteiger partial charge in [-0.3, -0.25) is 4.57 Å². The molecule has 18 heavy (non-hydrogen) atoms. The number of nitrogens with one attached hydrogen (secondary N) is 1. The van der Waals surface area contributed by atoms with E-state index in [-0.39, 0.29) is 11.8 Å². The van der Waals surface area contributed by atoms with Crippen LogP contribution in [-0.4, -0.2) is 15.6 Å². The Labute approximate surface area is 104 Å². The number of halogens is 1. The Morgan fingerprint density at radius 1 is 1.44 bits per heavy atom. The molecular weight excluding hydrogens is 233 g/mol. The molecule has 1 amide bonds. The number of carbonyl (C=O) groups is 1. The van der Waals surface area contributed by atoms with Gasteiger partial charge in [-0.25, -0.2) is 14.2 Å². The van der Waals surface area contributed by atoms with Crippen LogP contribution in [0.1, 0.15) is 19.4 Å². The van der Waals surface area contributed by atoms with Crippen LogP contribution in [0, 0.1) is 5.82 Å². The van der Waals surface area contributed by atoms with Gasteiger partial charge >= 0.3 is 6.03 Å². The highest BCUT2D eigenvalue weighted by Crippen LogP contribution is 2.20. The molecule has 2 aromatic rings. The summed E-state index contributed by atoms with van der Waals surface area (Å²) >= 11 is 0. The zero-order valence-electron chi connectivity index (χ0n) is 10.2. The summed E-state index contributed by atoms with van der Waals surface area (Å²) < 4.78 is 14.5. The molecule has 0 saturated carbocycles. The Morgan fingerprint density at radius 3 is 2.83 bits per heavy atom. The molecule has 0 aliphatic rings. The van der Waals surface area contributed by atoms with E-state index in [2.05, 4.69) is 10.3 Å². The molecule has 0 saturated heterocycles. The van der Waals surface area contributed by atoms with Crippen molar-refractivity contribution in [3.05, 3.63) is 54.4 Å². The molecule has 0 fully saturated rings. The number of aromatic nitrogens is 2. The van der Waals surface area contributed by atoms with E-state index < -0.39 is 5.54 Å². The standard InChI is InChI=1S/C13H14FN3O/c1-13(2,10-4-3-5-11(14)8-10)16-12(18)17-7-6-15-9-17/h3-9H,1-2H3,(H,16,18).